The van der Waals surface area contributed by atoms with E-state index in [9.17, 15) is 20.4 Å². The van der Waals surface area contributed by atoms with Crippen molar-refractivity contribution >= 4 is 0 Å². The molecule has 0 bridgehead atoms. The Kier molecular flexibility index (Phi) is 6.11. The number of hydrogen-bond donors (Lipinski definition) is 6. The fourth-order valence-electron chi connectivity index (χ4n) is 2.82. The molecule has 0 saturated carbocycles. The third kappa shape index (κ3) is 3.58. The lowest BCUT2D eigenvalue weighted by molar-refractivity contribution is -0.336. The third-order valence-corrected chi connectivity index (χ3v) is 4.23. The lowest BCUT2D eigenvalue weighted by Gasteiger charge is -2.43. The van der Waals surface area contributed by atoms with Crippen molar-refractivity contribution in [3.05, 3.63) is 0 Å². The van der Waals surface area contributed by atoms with Crippen LogP contribution in [-0.2, 0) is 14.2 Å². The summed E-state index contributed by atoms with van der Waals surface area (Å²) >= 11 is 0. The van der Waals surface area contributed by atoms with Crippen LogP contribution >= 0.6 is 0 Å². The first kappa shape index (κ1) is 18.0. The molecule has 0 amide bonds. The number of aliphatic hydroxyl groups is 5. The second-order valence-electron chi connectivity index (χ2n) is 5.72. The van der Waals surface area contributed by atoms with Crippen LogP contribution in [0.15, 0.2) is 0 Å². The summed E-state index contributed by atoms with van der Waals surface area (Å²) in [5.41, 5.74) is 0. The summed E-state index contributed by atoms with van der Waals surface area (Å²) in [7, 11) is 1.70. The molecule has 0 aliphatic carbocycles. The average molecular weight is 323 g/mol. The van der Waals surface area contributed by atoms with Crippen LogP contribution in [0, 0.1) is 0 Å². The Bertz CT molecular complexity index is 359. The van der Waals surface area contributed by atoms with Crippen LogP contribution in [0.2, 0.25) is 0 Å². The van der Waals surface area contributed by atoms with Gasteiger partial charge in [0.2, 0.25) is 0 Å². The van der Waals surface area contributed by atoms with E-state index in [1.807, 2.05) is 0 Å². The number of aliphatic hydroxyl groups excluding tert-OH is 5. The van der Waals surface area contributed by atoms with Gasteiger partial charge in [-0.3, -0.25) is 0 Å². The first-order valence-electron chi connectivity index (χ1n) is 7.35. The van der Waals surface area contributed by atoms with Gasteiger partial charge in [0, 0.05) is 12.5 Å². The first-order chi connectivity index (χ1) is 10.4. The predicted molar refractivity (Wildman–Crippen MR) is 72.7 cm³/mol. The summed E-state index contributed by atoms with van der Waals surface area (Å²) in [6.45, 7) is 1.15. The van der Waals surface area contributed by atoms with Crippen LogP contribution in [-0.4, -0.2) is 94.4 Å². The fraction of sp³-hybridized carbons (Fsp3) is 1.00. The Morgan fingerprint density at radius 2 is 1.77 bits per heavy atom. The van der Waals surface area contributed by atoms with Crippen molar-refractivity contribution in [3.63, 3.8) is 0 Å². The van der Waals surface area contributed by atoms with Gasteiger partial charge in [-0.15, -0.1) is 0 Å². The van der Waals surface area contributed by atoms with Crippen LogP contribution in [0.5, 0.6) is 0 Å². The Morgan fingerprint density at radius 3 is 2.36 bits per heavy atom. The van der Waals surface area contributed by atoms with Crippen molar-refractivity contribution in [2.24, 2.45) is 0 Å². The largest absolute Gasteiger partial charge is 0.394 e. The van der Waals surface area contributed by atoms with Crippen molar-refractivity contribution < 1.29 is 39.7 Å². The molecule has 22 heavy (non-hydrogen) atoms. The van der Waals surface area contributed by atoms with E-state index < -0.39 is 55.8 Å². The van der Waals surface area contributed by atoms with Gasteiger partial charge in [0.1, 0.15) is 24.4 Å². The standard InChI is InChI=1S/C13H25NO8/c1-5-9(16)6(14-2)3-8(20-5)22-12-11(18)10(17)7(4-15)21-13(12)19/h5-19H,3-4H2,1-2H3/t5-,6-,7+,8-,9+,10+,11-,12+,13?/m0/s1. The fourth-order valence-corrected chi connectivity index (χ4v) is 2.82. The monoisotopic (exact) mass is 323 g/mol. The molecule has 9 atom stereocenters. The van der Waals surface area contributed by atoms with Gasteiger partial charge < -0.3 is 45.1 Å². The van der Waals surface area contributed by atoms with Crippen LogP contribution in [0.25, 0.3) is 0 Å². The van der Waals surface area contributed by atoms with Gasteiger partial charge in [0.25, 0.3) is 0 Å². The van der Waals surface area contributed by atoms with E-state index in [0.717, 1.165) is 0 Å². The van der Waals surface area contributed by atoms with Crippen molar-refractivity contribution in [1.82, 2.24) is 5.32 Å². The minimum absolute atomic E-state index is 0.261. The van der Waals surface area contributed by atoms with E-state index in [2.05, 4.69) is 5.32 Å². The summed E-state index contributed by atoms with van der Waals surface area (Å²) in [5, 5.41) is 51.7. The Morgan fingerprint density at radius 1 is 1.09 bits per heavy atom. The summed E-state index contributed by atoms with van der Waals surface area (Å²) in [6, 6.07) is -0.261. The smallest absolute Gasteiger partial charge is 0.184 e. The molecular weight excluding hydrogens is 298 g/mol. The summed E-state index contributed by atoms with van der Waals surface area (Å²) < 4.78 is 16.1. The zero-order valence-electron chi connectivity index (χ0n) is 12.6. The molecule has 0 aromatic rings. The van der Waals surface area contributed by atoms with Crippen molar-refractivity contribution in [2.45, 2.75) is 68.6 Å². The van der Waals surface area contributed by atoms with Gasteiger partial charge in [-0.05, 0) is 14.0 Å². The zero-order valence-corrected chi connectivity index (χ0v) is 12.6. The SMILES string of the molecule is CN[C@H]1C[C@H](O[C@H]2C(O)O[C@H](CO)[C@@H](O)[C@@H]2O)O[C@@H](C)[C@H]1O. The molecule has 0 aromatic carbocycles. The molecule has 2 saturated heterocycles. The van der Waals surface area contributed by atoms with Gasteiger partial charge in [-0.25, -0.2) is 0 Å². The van der Waals surface area contributed by atoms with E-state index in [1.54, 1.807) is 14.0 Å². The molecule has 130 valence electrons. The number of likely N-dealkylation sites (N-methyl/N-ethyl adjacent to an activating group) is 1. The molecule has 2 heterocycles. The molecular formula is C13H25NO8. The molecule has 2 rings (SSSR count). The molecule has 0 aromatic heterocycles. The lowest BCUT2D eigenvalue weighted by Crippen LogP contribution is -2.61. The number of nitrogens with one attached hydrogen (secondary N) is 1. The lowest BCUT2D eigenvalue weighted by atomic mass is 9.98. The quantitative estimate of drug-likeness (QED) is 0.317. The van der Waals surface area contributed by atoms with Gasteiger partial charge in [0.05, 0.1) is 18.8 Å². The van der Waals surface area contributed by atoms with Gasteiger partial charge in [0.15, 0.2) is 12.6 Å². The second-order valence-corrected chi connectivity index (χ2v) is 5.72. The zero-order chi connectivity index (χ0) is 16.4. The normalized spacial score (nSPS) is 50.0. The molecule has 6 N–H and O–H groups in total. The van der Waals surface area contributed by atoms with Crippen molar-refractivity contribution in [3.8, 4) is 0 Å². The highest BCUT2D eigenvalue weighted by Gasteiger charge is 2.46. The minimum Gasteiger partial charge on any atom is -0.394 e. The Hall–Kier alpha value is -0.360. The number of ether oxygens (including phenoxy) is 3. The maximum Gasteiger partial charge on any atom is 0.184 e. The van der Waals surface area contributed by atoms with Crippen molar-refractivity contribution in [2.75, 3.05) is 13.7 Å². The van der Waals surface area contributed by atoms with E-state index in [0.29, 0.717) is 6.42 Å². The highest BCUT2D eigenvalue weighted by Crippen LogP contribution is 2.27. The van der Waals surface area contributed by atoms with E-state index in [-0.39, 0.29) is 6.04 Å². The number of rotatable bonds is 4. The first-order valence-corrected chi connectivity index (χ1v) is 7.35. The highest BCUT2D eigenvalue weighted by molar-refractivity contribution is 4.91. The van der Waals surface area contributed by atoms with E-state index in [1.165, 1.54) is 0 Å². The van der Waals surface area contributed by atoms with Crippen LogP contribution < -0.4 is 5.32 Å². The number of hydrogen-bond acceptors (Lipinski definition) is 9. The van der Waals surface area contributed by atoms with Gasteiger partial charge in [-0.2, -0.15) is 0 Å². The third-order valence-electron chi connectivity index (χ3n) is 4.23. The maximum absolute atomic E-state index is 10.0. The molecule has 0 spiro atoms. The maximum atomic E-state index is 10.0. The topological polar surface area (TPSA) is 141 Å². The van der Waals surface area contributed by atoms with Crippen LogP contribution in [0.4, 0.5) is 0 Å². The Labute approximate surface area is 128 Å². The van der Waals surface area contributed by atoms with Gasteiger partial charge >= 0.3 is 0 Å². The average Bonchev–Trinajstić information content (AvgIpc) is 2.50. The molecule has 2 aliphatic rings. The van der Waals surface area contributed by atoms with E-state index >= 15 is 0 Å². The van der Waals surface area contributed by atoms with Crippen LogP contribution in [0.1, 0.15) is 13.3 Å². The molecule has 9 heteroatoms. The predicted octanol–water partition coefficient (Wildman–Crippen LogP) is -3.11. The van der Waals surface area contributed by atoms with E-state index in [4.69, 9.17) is 19.3 Å². The van der Waals surface area contributed by atoms with Gasteiger partial charge in [-0.1, -0.05) is 0 Å². The second kappa shape index (κ2) is 7.47. The summed E-state index contributed by atoms with van der Waals surface area (Å²) in [4.78, 5) is 0. The molecule has 1 unspecified atom stereocenters. The summed E-state index contributed by atoms with van der Waals surface area (Å²) in [5.74, 6) is 0. The minimum atomic E-state index is -1.51. The molecule has 9 nitrogen and oxygen atoms in total. The van der Waals surface area contributed by atoms with Crippen LogP contribution in [0.3, 0.4) is 0 Å². The highest BCUT2D eigenvalue weighted by atomic mass is 16.7. The Balaban J connectivity index is 2.00. The molecule has 0 radical (unpaired) electrons. The van der Waals surface area contributed by atoms with Crippen molar-refractivity contribution in [1.29, 1.82) is 0 Å². The molecule has 2 fully saturated rings. The molecule has 2 aliphatic heterocycles. The summed E-state index contributed by atoms with van der Waals surface area (Å²) in [6.07, 6.45) is -8.30.